The molecule has 0 saturated heterocycles. The van der Waals surface area contributed by atoms with E-state index in [1.807, 2.05) is 50.5 Å². The van der Waals surface area contributed by atoms with Gasteiger partial charge in [0.2, 0.25) is 5.91 Å². The molecule has 0 spiro atoms. The number of aromatic nitrogens is 3. The molecule has 3 aromatic rings. The van der Waals surface area contributed by atoms with Gasteiger partial charge in [-0.1, -0.05) is 30.2 Å². The number of hydrogen-bond acceptors (Lipinski definition) is 5. The van der Waals surface area contributed by atoms with Crippen LogP contribution in [0.3, 0.4) is 0 Å². The van der Waals surface area contributed by atoms with Crippen LogP contribution in [-0.4, -0.2) is 59.5 Å². The molecule has 0 radical (unpaired) electrons. The molecular weight excluding hydrogens is 442 g/mol. The van der Waals surface area contributed by atoms with Crippen molar-refractivity contribution in [2.75, 3.05) is 32.6 Å². The van der Waals surface area contributed by atoms with Crippen LogP contribution in [0.1, 0.15) is 53.8 Å². The van der Waals surface area contributed by atoms with E-state index in [9.17, 15) is 9.59 Å². The summed E-state index contributed by atoms with van der Waals surface area (Å²) >= 11 is 0. The Morgan fingerprint density at radius 3 is 2.31 bits per heavy atom. The molecule has 1 saturated carbocycles. The average Bonchev–Trinajstić information content (AvgIpc) is 3.53. The molecule has 182 valence electrons. The highest BCUT2D eigenvalue weighted by atomic mass is 16.5. The number of amides is 2. The average molecular weight is 474 g/mol. The molecule has 35 heavy (non-hydrogen) atoms. The fourth-order valence-corrected chi connectivity index (χ4v) is 5.35. The number of anilines is 1. The first-order chi connectivity index (χ1) is 16.9. The molecule has 0 N–H and O–H groups in total. The highest BCUT2D eigenvalue weighted by molar-refractivity contribution is 6.07. The first kappa shape index (κ1) is 23.1. The minimum atomic E-state index is -0.115. The lowest BCUT2D eigenvalue weighted by atomic mass is 9.75. The third-order valence-electron chi connectivity index (χ3n) is 7.42. The monoisotopic (exact) mass is 473 g/mol. The Hall–Kier alpha value is -3.68. The summed E-state index contributed by atoms with van der Waals surface area (Å²) in [6.45, 7) is 0.552. The Kier molecular flexibility index (Phi) is 6.05. The molecule has 2 aromatic carbocycles. The number of rotatable bonds is 6. The summed E-state index contributed by atoms with van der Waals surface area (Å²) in [5.41, 5.74) is 3.89. The Balaban J connectivity index is 1.41. The summed E-state index contributed by atoms with van der Waals surface area (Å²) in [6.07, 6.45) is 5.48. The van der Waals surface area contributed by atoms with Crippen molar-refractivity contribution >= 4 is 17.5 Å². The smallest absolute Gasteiger partial charge is 0.278 e. The minimum absolute atomic E-state index is 0.113. The van der Waals surface area contributed by atoms with Crippen molar-refractivity contribution < 1.29 is 14.3 Å². The lowest BCUT2D eigenvalue weighted by Gasteiger charge is -2.31. The van der Waals surface area contributed by atoms with Crippen molar-refractivity contribution in [3.05, 3.63) is 65.5 Å². The molecule has 1 aliphatic carbocycles. The number of benzene rings is 2. The van der Waals surface area contributed by atoms with Crippen molar-refractivity contribution in [2.24, 2.45) is 0 Å². The predicted octanol–water partition coefficient (Wildman–Crippen LogP) is 3.77. The van der Waals surface area contributed by atoms with Crippen molar-refractivity contribution in [2.45, 2.75) is 43.9 Å². The maximum Gasteiger partial charge on any atom is 0.278 e. The van der Waals surface area contributed by atoms with Crippen molar-refractivity contribution in [1.29, 1.82) is 0 Å². The largest absolute Gasteiger partial charge is 0.497 e. The van der Waals surface area contributed by atoms with Gasteiger partial charge in [-0.15, -0.1) is 5.10 Å². The topological polar surface area (TPSA) is 80.6 Å². The molecule has 1 aromatic heterocycles. The molecule has 2 heterocycles. The van der Waals surface area contributed by atoms with Crippen molar-refractivity contribution in [1.82, 2.24) is 19.9 Å². The van der Waals surface area contributed by atoms with Crippen LogP contribution in [0.2, 0.25) is 0 Å². The van der Waals surface area contributed by atoms with Gasteiger partial charge in [0.15, 0.2) is 5.69 Å². The second kappa shape index (κ2) is 9.17. The van der Waals surface area contributed by atoms with E-state index in [2.05, 4.69) is 22.4 Å². The first-order valence-corrected chi connectivity index (χ1v) is 12.1. The highest BCUT2D eigenvalue weighted by Crippen LogP contribution is 2.44. The number of methoxy groups -OCH3 is 1. The Morgan fingerprint density at radius 1 is 1.03 bits per heavy atom. The third kappa shape index (κ3) is 4.17. The molecule has 0 unspecified atom stereocenters. The van der Waals surface area contributed by atoms with E-state index in [0.717, 1.165) is 42.8 Å². The maximum absolute atomic E-state index is 13.6. The van der Waals surface area contributed by atoms with Crippen LogP contribution in [0.15, 0.2) is 48.5 Å². The van der Waals surface area contributed by atoms with Crippen LogP contribution in [-0.2, 0) is 16.6 Å². The molecule has 0 atom stereocenters. The number of carbonyl (C=O) groups is 2. The first-order valence-electron chi connectivity index (χ1n) is 12.1. The highest BCUT2D eigenvalue weighted by Gasteiger charge is 2.38. The molecule has 8 heteroatoms. The summed E-state index contributed by atoms with van der Waals surface area (Å²) in [7, 11) is 5.25. The van der Waals surface area contributed by atoms with E-state index < -0.39 is 0 Å². The molecular formula is C27H31N5O3. The number of carbonyl (C=O) groups excluding carboxylic acids is 2. The van der Waals surface area contributed by atoms with E-state index >= 15 is 0 Å². The lowest BCUT2D eigenvalue weighted by molar-refractivity contribution is -0.130. The summed E-state index contributed by atoms with van der Waals surface area (Å²) in [4.78, 5) is 29.6. The van der Waals surface area contributed by atoms with Crippen LogP contribution >= 0.6 is 0 Å². The van der Waals surface area contributed by atoms with E-state index in [4.69, 9.17) is 4.74 Å². The van der Waals surface area contributed by atoms with Crippen LogP contribution in [0.4, 0.5) is 5.69 Å². The van der Waals surface area contributed by atoms with Gasteiger partial charge in [0.1, 0.15) is 5.75 Å². The van der Waals surface area contributed by atoms with Crippen LogP contribution in [0.5, 0.6) is 5.75 Å². The molecule has 2 aliphatic rings. The second-order valence-electron chi connectivity index (χ2n) is 9.70. The van der Waals surface area contributed by atoms with Crippen molar-refractivity contribution in [3.8, 4) is 11.4 Å². The van der Waals surface area contributed by atoms with Crippen LogP contribution < -0.4 is 9.64 Å². The zero-order valence-electron chi connectivity index (χ0n) is 20.5. The Morgan fingerprint density at radius 2 is 1.69 bits per heavy atom. The number of ether oxygens (including phenoxy) is 1. The molecule has 1 fully saturated rings. The summed E-state index contributed by atoms with van der Waals surface area (Å²) in [5, 5.41) is 8.53. The van der Waals surface area contributed by atoms with E-state index in [1.54, 1.807) is 21.6 Å². The van der Waals surface area contributed by atoms with Crippen LogP contribution in [0, 0.1) is 0 Å². The van der Waals surface area contributed by atoms with Gasteiger partial charge in [0, 0.05) is 44.6 Å². The molecule has 1 aliphatic heterocycles. The van der Waals surface area contributed by atoms with E-state index in [1.165, 1.54) is 5.56 Å². The summed E-state index contributed by atoms with van der Waals surface area (Å²) < 4.78 is 6.85. The SMILES string of the molecule is COc1ccc(-n2nnc3c2C(=O)N(c2ccc(C4(CC(=O)N(C)C)CCCC4)cc2)CC3)cc1. The van der Waals surface area contributed by atoms with Crippen LogP contribution in [0.25, 0.3) is 5.69 Å². The van der Waals surface area contributed by atoms with Crippen molar-refractivity contribution in [3.63, 3.8) is 0 Å². The van der Waals surface area contributed by atoms with Gasteiger partial charge in [-0.25, -0.2) is 4.68 Å². The Bertz CT molecular complexity index is 1220. The standard InChI is InChI=1S/C27H31N5O3/c1-30(2)24(33)18-27(15-4-5-16-27)19-6-8-20(9-7-19)31-17-14-23-25(26(31)34)32(29-28-23)21-10-12-22(35-3)13-11-21/h6-13H,4-5,14-18H2,1-3H3. The van der Waals surface area contributed by atoms with Gasteiger partial charge in [-0.2, -0.15) is 0 Å². The summed E-state index contributed by atoms with van der Waals surface area (Å²) in [6, 6.07) is 15.6. The zero-order chi connectivity index (χ0) is 24.6. The fraction of sp³-hybridized carbons (Fsp3) is 0.407. The van der Waals surface area contributed by atoms with Gasteiger partial charge >= 0.3 is 0 Å². The molecule has 0 bridgehead atoms. The normalized spacial score (nSPS) is 16.8. The van der Waals surface area contributed by atoms with Gasteiger partial charge in [-0.3, -0.25) is 9.59 Å². The lowest BCUT2D eigenvalue weighted by Crippen LogP contribution is -2.39. The quantitative estimate of drug-likeness (QED) is 0.545. The zero-order valence-corrected chi connectivity index (χ0v) is 20.5. The second-order valence-corrected chi connectivity index (χ2v) is 9.70. The van der Waals surface area contributed by atoms with Gasteiger partial charge in [0.05, 0.1) is 18.5 Å². The van der Waals surface area contributed by atoms with E-state index in [-0.39, 0.29) is 17.2 Å². The molecule has 8 nitrogen and oxygen atoms in total. The minimum Gasteiger partial charge on any atom is -0.497 e. The Labute approximate surface area is 205 Å². The molecule has 5 rings (SSSR count). The van der Waals surface area contributed by atoms with Gasteiger partial charge in [-0.05, 0) is 54.8 Å². The summed E-state index contributed by atoms with van der Waals surface area (Å²) in [5.74, 6) is 0.787. The number of fused-ring (bicyclic) bond motifs is 1. The maximum atomic E-state index is 13.6. The molecule has 2 amide bonds. The fourth-order valence-electron chi connectivity index (χ4n) is 5.35. The third-order valence-corrected chi connectivity index (χ3v) is 7.42. The number of nitrogens with zero attached hydrogens (tertiary/aromatic N) is 5. The van der Waals surface area contributed by atoms with E-state index in [0.29, 0.717) is 30.8 Å². The number of hydrogen-bond donors (Lipinski definition) is 0. The van der Waals surface area contributed by atoms with Gasteiger partial charge < -0.3 is 14.5 Å². The predicted molar refractivity (Wildman–Crippen MR) is 133 cm³/mol. The van der Waals surface area contributed by atoms with Gasteiger partial charge in [0.25, 0.3) is 5.91 Å².